The third kappa shape index (κ3) is 2.42. The monoisotopic (exact) mass is 285 g/mol. The Morgan fingerprint density at radius 2 is 2.05 bits per heavy atom. The first kappa shape index (κ1) is 13.4. The van der Waals surface area contributed by atoms with E-state index in [1.807, 2.05) is 42.5 Å². The van der Waals surface area contributed by atoms with Crippen LogP contribution in [0.15, 0.2) is 42.5 Å². The average molecular weight is 285 g/mol. The number of benzene rings is 2. The van der Waals surface area contributed by atoms with Crippen LogP contribution < -0.4 is 0 Å². The maximum absolute atomic E-state index is 12.0. The molecule has 1 heterocycles. The normalized spacial score (nSPS) is 17.9. The number of hydrogen-bond acceptors (Lipinski definition) is 4. The van der Waals surface area contributed by atoms with Crippen LogP contribution in [-0.4, -0.2) is 30.1 Å². The molecule has 21 heavy (non-hydrogen) atoms. The summed E-state index contributed by atoms with van der Waals surface area (Å²) in [4.78, 5) is 24.9. The molecule has 5 nitrogen and oxygen atoms in total. The molecule has 1 unspecified atom stereocenters. The van der Waals surface area contributed by atoms with E-state index in [1.165, 1.54) is 4.90 Å². The molecule has 5 heteroatoms. The first-order chi connectivity index (χ1) is 10.2. The minimum absolute atomic E-state index is 0.0906. The molecule has 3 rings (SSSR count). The fraction of sp³-hybridized carbons (Fsp3) is 0.250. The smallest absolute Gasteiger partial charge is 0.413 e. The Balaban J connectivity index is 2.03. The number of nitrogens with zero attached hydrogens (tertiary/aromatic N) is 1. The van der Waals surface area contributed by atoms with Crippen LogP contribution in [0.2, 0.25) is 0 Å². The molecule has 1 saturated heterocycles. The summed E-state index contributed by atoms with van der Waals surface area (Å²) in [6.07, 6.45) is -1.27. The number of hydrogen-bond donors (Lipinski definition) is 0. The van der Waals surface area contributed by atoms with E-state index in [4.69, 9.17) is 9.47 Å². The molecule has 2 aromatic carbocycles. The van der Waals surface area contributed by atoms with Gasteiger partial charge in [0, 0.05) is 5.56 Å². The van der Waals surface area contributed by atoms with Gasteiger partial charge < -0.3 is 9.47 Å². The number of fused-ring (bicyclic) bond motifs is 1. The van der Waals surface area contributed by atoms with Gasteiger partial charge in [-0.1, -0.05) is 42.5 Å². The van der Waals surface area contributed by atoms with Crippen LogP contribution in [0.25, 0.3) is 10.8 Å². The molecule has 1 fully saturated rings. The number of amides is 1. The van der Waals surface area contributed by atoms with Gasteiger partial charge in [-0.15, -0.1) is 0 Å². The zero-order chi connectivity index (χ0) is 14.8. The second-order valence-electron chi connectivity index (χ2n) is 4.74. The van der Waals surface area contributed by atoms with Gasteiger partial charge in [-0.25, -0.2) is 4.79 Å². The van der Waals surface area contributed by atoms with E-state index in [9.17, 15) is 9.59 Å². The van der Waals surface area contributed by atoms with Crippen LogP contribution in [0.4, 0.5) is 4.79 Å². The van der Waals surface area contributed by atoms with Crippen LogP contribution >= 0.6 is 0 Å². The van der Waals surface area contributed by atoms with Crippen molar-refractivity contribution in [1.29, 1.82) is 0 Å². The van der Waals surface area contributed by atoms with Crippen molar-refractivity contribution in [2.24, 2.45) is 0 Å². The molecular formula is C16H15NO4. The van der Waals surface area contributed by atoms with E-state index >= 15 is 0 Å². The summed E-state index contributed by atoms with van der Waals surface area (Å²) in [6.45, 7) is 1.89. The second kappa shape index (κ2) is 5.44. The highest BCUT2D eigenvalue weighted by Gasteiger charge is 2.38. The fourth-order valence-corrected chi connectivity index (χ4v) is 2.51. The topological polar surface area (TPSA) is 55.8 Å². The van der Waals surface area contributed by atoms with E-state index < -0.39 is 18.3 Å². The molecule has 1 aliphatic heterocycles. The van der Waals surface area contributed by atoms with E-state index in [0.29, 0.717) is 0 Å². The first-order valence-corrected chi connectivity index (χ1v) is 6.81. The van der Waals surface area contributed by atoms with E-state index in [0.717, 1.165) is 16.3 Å². The molecule has 0 aliphatic carbocycles. The summed E-state index contributed by atoms with van der Waals surface area (Å²) in [7, 11) is 0. The predicted octanol–water partition coefficient (Wildman–Crippen LogP) is 2.85. The van der Waals surface area contributed by atoms with E-state index in [-0.39, 0.29) is 13.2 Å². The Morgan fingerprint density at radius 3 is 2.86 bits per heavy atom. The quantitative estimate of drug-likeness (QED) is 0.796. The standard InChI is InChI=1S/C16H15NO4/c1-2-20-16(19)17-10-14(18)21-15(17)13-9-5-7-11-6-3-4-8-12(11)13/h3-9,15H,2,10H2,1H3. The molecule has 0 bridgehead atoms. The van der Waals surface area contributed by atoms with Crippen molar-refractivity contribution in [3.05, 3.63) is 48.0 Å². The van der Waals surface area contributed by atoms with E-state index in [1.54, 1.807) is 6.92 Å². The zero-order valence-corrected chi connectivity index (χ0v) is 11.6. The molecule has 0 saturated carbocycles. The number of cyclic esters (lactones) is 1. The van der Waals surface area contributed by atoms with Crippen LogP contribution in [0.5, 0.6) is 0 Å². The number of ether oxygens (including phenoxy) is 2. The SMILES string of the molecule is CCOC(=O)N1CC(=O)OC1c1cccc2ccccc12. The Kier molecular flexibility index (Phi) is 3.48. The largest absolute Gasteiger partial charge is 0.450 e. The van der Waals surface area contributed by atoms with Gasteiger partial charge in [0.1, 0.15) is 6.54 Å². The lowest BCUT2D eigenvalue weighted by Crippen LogP contribution is -2.32. The third-order valence-electron chi connectivity index (χ3n) is 3.42. The Morgan fingerprint density at radius 1 is 1.29 bits per heavy atom. The average Bonchev–Trinajstić information content (AvgIpc) is 2.89. The highest BCUT2D eigenvalue weighted by molar-refractivity contribution is 5.88. The van der Waals surface area contributed by atoms with Crippen LogP contribution in [0.1, 0.15) is 18.7 Å². The Labute approximate surface area is 122 Å². The molecule has 1 atom stereocenters. The van der Waals surface area contributed by atoms with Crippen LogP contribution in [0.3, 0.4) is 0 Å². The Hall–Kier alpha value is -2.56. The van der Waals surface area contributed by atoms with Gasteiger partial charge in [0.05, 0.1) is 6.61 Å². The molecular weight excluding hydrogens is 270 g/mol. The van der Waals surface area contributed by atoms with Gasteiger partial charge in [-0.3, -0.25) is 9.69 Å². The lowest BCUT2D eigenvalue weighted by molar-refractivity contribution is -0.141. The van der Waals surface area contributed by atoms with Crippen molar-refractivity contribution in [2.75, 3.05) is 13.2 Å². The van der Waals surface area contributed by atoms with Gasteiger partial charge in [0.2, 0.25) is 6.23 Å². The van der Waals surface area contributed by atoms with Crippen molar-refractivity contribution in [3.8, 4) is 0 Å². The van der Waals surface area contributed by atoms with Crippen molar-refractivity contribution in [1.82, 2.24) is 4.90 Å². The number of carbonyl (C=O) groups is 2. The van der Waals surface area contributed by atoms with Crippen LogP contribution in [0, 0.1) is 0 Å². The summed E-state index contributed by atoms with van der Waals surface area (Å²) >= 11 is 0. The summed E-state index contributed by atoms with van der Waals surface area (Å²) in [6, 6.07) is 13.5. The molecule has 1 amide bonds. The minimum Gasteiger partial charge on any atom is -0.450 e. The van der Waals surface area contributed by atoms with Gasteiger partial charge >= 0.3 is 12.1 Å². The zero-order valence-electron chi connectivity index (χ0n) is 11.6. The highest BCUT2D eigenvalue weighted by atomic mass is 16.6. The number of rotatable bonds is 2. The van der Waals surface area contributed by atoms with Gasteiger partial charge in [0.15, 0.2) is 0 Å². The summed E-state index contributed by atoms with van der Waals surface area (Å²) in [5.41, 5.74) is 0.784. The lowest BCUT2D eigenvalue weighted by atomic mass is 10.0. The summed E-state index contributed by atoms with van der Waals surface area (Å²) < 4.78 is 10.3. The Bertz CT molecular complexity index is 692. The van der Waals surface area contributed by atoms with Crippen LogP contribution in [-0.2, 0) is 14.3 Å². The van der Waals surface area contributed by atoms with Crippen molar-refractivity contribution < 1.29 is 19.1 Å². The number of carbonyl (C=O) groups excluding carboxylic acids is 2. The van der Waals surface area contributed by atoms with Crippen molar-refractivity contribution in [2.45, 2.75) is 13.2 Å². The molecule has 0 aromatic heterocycles. The lowest BCUT2D eigenvalue weighted by Gasteiger charge is -2.22. The van der Waals surface area contributed by atoms with Crippen molar-refractivity contribution >= 4 is 22.8 Å². The predicted molar refractivity (Wildman–Crippen MR) is 76.5 cm³/mol. The second-order valence-corrected chi connectivity index (χ2v) is 4.74. The number of esters is 1. The molecule has 1 aliphatic rings. The highest BCUT2D eigenvalue weighted by Crippen LogP contribution is 2.33. The molecule has 0 N–H and O–H groups in total. The minimum atomic E-state index is -0.734. The summed E-state index contributed by atoms with van der Waals surface area (Å²) in [5.74, 6) is -0.430. The summed E-state index contributed by atoms with van der Waals surface area (Å²) in [5, 5.41) is 1.98. The first-order valence-electron chi connectivity index (χ1n) is 6.81. The van der Waals surface area contributed by atoms with Crippen molar-refractivity contribution in [3.63, 3.8) is 0 Å². The van der Waals surface area contributed by atoms with E-state index in [2.05, 4.69) is 0 Å². The fourth-order valence-electron chi connectivity index (χ4n) is 2.51. The van der Waals surface area contributed by atoms with Gasteiger partial charge in [0.25, 0.3) is 0 Å². The third-order valence-corrected chi connectivity index (χ3v) is 3.42. The maximum atomic E-state index is 12.0. The van der Waals surface area contributed by atoms with Gasteiger partial charge in [-0.2, -0.15) is 0 Å². The molecule has 0 radical (unpaired) electrons. The van der Waals surface area contributed by atoms with Gasteiger partial charge in [-0.05, 0) is 17.7 Å². The molecule has 0 spiro atoms. The molecule has 2 aromatic rings. The maximum Gasteiger partial charge on any atom is 0.413 e. The molecule has 108 valence electrons.